The molecule has 0 bridgehead atoms. The number of hydrogen-bond donors (Lipinski definition) is 1. The molecule has 9 heteroatoms. The van der Waals surface area contributed by atoms with Gasteiger partial charge < -0.3 is 9.30 Å². The first kappa shape index (κ1) is 19.8. The SMILES string of the molecule is CCCOc1ccc(/C=N\NC(=O)c2cccn(CC)c2=O)cc1[N+](=O)[O-]. The van der Waals surface area contributed by atoms with Crippen molar-refractivity contribution in [2.24, 2.45) is 5.10 Å². The molecule has 9 nitrogen and oxygen atoms in total. The second-order valence-electron chi connectivity index (χ2n) is 5.54. The smallest absolute Gasteiger partial charge is 0.311 e. The summed E-state index contributed by atoms with van der Waals surface area (Å²) in [7, 11) is 0. The molecule has 142 valence electrons. The maximum Gasteiger partial charge on any atom is 0.311 e. The lowest BCUT2D eigenvalue weighted by atomic mass is 10.2. The molecule has 0 saturated carbocycles. The third-order valence-corrected chi connectivity index (χ3v) is 3.63. The summed E-state index contributed by atoms with van der Waals surface area (Å²) in [5.74, 6) is -0.483. The Kier molecular flexibility index (Phi) is 6.81. The third-order valence-electron chi connectivity index (χ3n) is 3.63. The third kappa shape index (κ3) is 5.00. The number of nitro groups is 1. The molecule has 0 unspecified atom stereocenters. The van der Waals surface area contributed by atoms with E-state index in [0.717, 1.165) is 6.42 Å². The minimum atomic E-state index is -0.656. The van der Waals surface area contributed by atoms with Gasteiger partial charge in [0, 0.05) is 24.4 Å². The Hall–Kier alpha value is -3.49. The molecular weight excluding hydrogens is 352 g/mol. The van der Waals surface area contributed by atoms with Gasteiger partial charge in [0.15, 0.2) is 5.75 Å². The fourth-order valence-corrected chi connectivity index (χ4v) is 2.28. The van der Waals surface area contributed by atoms with Crippen LogP contribution in [0.15, 0.2) is 46.4 Å². The highest BCUT2D eigenvalue weighted by Crippen LogP contribution is 2.27. The van der Waals surface area contributed by atoms with E-state index in [1.165, 1.54) is 29.0 Å². The number of rotatable bonds is 8. The van der Waals surface area contributed by atoms with Gasteiger partial charge in [0.25, 0.3) is 11.5 Å². The van der Waals surface area contributed by atoms with Crippen LogP contribution in [0.1, 0.15) is 36.2 Å². The van der Waals surface area contributed by atoms with Crippen LogP contribution >= 0.6 is 0 Å². The van der Waals surface area contributed by atoms with Gasteiger partial charge in [-0.15, -0.1) is 0 Å². The van der Waals surface area contributed by atoms with Crippen LogP contribution in [-0.2, 0) is 6.54 Å². The molecule has 1 N–H and O–H groups in total. The fourth-order valence-electron chi connectivity index (χ4n) is 2.28. The average molecular weight is 372 g/mol. The lowest BCUT2D eigenvalue weighted by molar-refractivity contribution is -0.385. The van der Waals surface area contributed by atoms with Gasteiger partial charge in [0.1, 0.15) is 5.56 Å². The molecule has 1 amide bonds. The molecule has 0 fully saturated rings. The quantitative estimate of drug-likeness (QED) is 0.434. The number of carbonyl (C=O) groups excluding carboxylic acids is 1. The molecular formula is C18H20N4O5. The fraction of sp³-hybridized carbons (Fsp3) is 0.278. The summed E-state index contributed by atoms with van der Waals surface area (Å²) in [6.45, 7) is 4.51. The predicted octanol–water partition coefficient (Wildman–Crippen LogP) is 2.33. The normalized spacial score (nSPS) is 10.7. The molecule has 0 spiro atoms. The zero-order valence-corrected chi connectivity index (χ0v) is 15.0. The van der Waals surface area contributed by atoms with Crippen molar-refractivity contribution in [3.63, 3.8) is 0 Å². The van der Waals surface area contributed by atoms with Gasteiger partial charge >= 0.3 is 5.69 Å². The molecule has 2 rings (SSSR count). The first-order chi connectivity index (χ1) is 13.0. The van der Waals surface area contributed by atoms with Gasteiger partial charge in [-0.25, -0.2) is 5.43 Å². The number of hydrazone groups is 1. The molecule has 0 aliphatic heterocycles. The summed E-state index contributed by atoms with van der Waals surface area (Å²) in [4.78, 5) is 34.8. The van der Waals surface area contributed by atoms with Crippen molar-refractivity contribution in [3.8, 4) is 5.75 Å². The standard InChI is InChI=1S/C18H20N4O5/c1-3-10-27-16-8-7-13(11-15(16)22(25)26)12-19-20-17(23)14-6-5-9-21(4-2)18(14)24/h5-9,11-12H,3-4,10H2,1-2H3,(H,20,23)/b19-12-. The molecule has 0 radical (unpaired) electrons. The van der Waals surface area contributed by atoms with Crippen molar-refractivity contribution < 1.29 is 14.5 Å². The number of aryl methyl sites for hydroxylation is 1. The first-order valence-electron chi connectivity index (χ1n) is 8.42. The van der Waals surface area contributed by atoms with E-state index in [0.29, 0.717) is 18.7 Å². The molecule has 1 heterocycles. The van der Waals surface area contributed by atoms with Crippen LogP contribution in [-0.4, -0.2) is 28.2 Å². The molecule has 0 atom stereocenters. The van der Waals surface area contributed by atoms with Gasteiger partial charge in [-0.1, -0.05) is 6.92 Å². The molecule has 0 saturated heterocycles. The largest absolute Gasteiger partial charge is 0.487 e. The second kappa shape index (κ2) is 9.27. The van der Waals surface area contributed by atoms with Crippen LogP contribution in [0.25, 0.3) is 0 Å². The number of carbonyl (C=O) groups is 1. The Morgan fingerprint density at radius 2 is 2.15 bits per heavy atom. The van der Waals surface area contributed by atoms with Crippen molar-refractivity contribution in [1.29, 1.82) is 0 Å². The van der Waals surface area contributed by atoms with Crippen LogP contribution in [0.5, 0.6) is 5.75 Å². The van der Waals surface area contributed by atoms with Gasteiger partial charge in [-0.3, -0.25) is 19.7 Å². The highest BCUT2D eigenvalue weighted by atomic mass is 16.6. The summed E-state index contributed by atoms with van der Waals surface area (Å²) in [6, 6.07) is 7.37. The van der Waals surface area contributed by atoms with E-state index in [1.54, 1.807) is 25.3 Å². The molecule has 2 aromatic rings. The van der Waals surface area contributed by atoms with Crippen LogP contribution in [0, 0.1) is 10.1 Å². The van der Waals surface area contributed by atoms with Gasteiger partial charge in [0.2, 0.25) is 0 Å². The van der Waals surface area contributed by atoms with E-state index < -0.39 is 16.4 Å². The lowest BCUT2D eigenvalue weighted by Gasteiger charge is -2.06. The molecule has 0 aliphatic rings. The van der Waals surface area contributed by atoms with Gasteiger partial charge in [-0.05, 0) is 37.6 Å². The topological polar surface area (TPSA) is 116 Å². The lowest BCUT2D eigenvalue weighted by Crippen LogP contribution is -2.30. The summed E-state index contributed by atoms with van der Waals surface area (Å²) in [5.41, 5.74) is 2.02. The Morgan fingerprint density at radius 3 is 2.81 bits per heavy atom. The number of ether oxygens (including phenoxy) is 1. The van der Waals surface area contributed by atoms with Crippen LogP contribution in [0.3, 0.4) is 0 Å². The first-order valence-corrected chi connectivity index (χ1v) is 8.42. The molecule has 27 heavy (non-hydrogen) atoms. The summed E-state index contributed by atoms with van der Waals surface area (Å²) in [6.07, 6.45) is 3.57. The second-order valence-corrected chi connectivity index (χ2v) is 5.54. The van der Waals surface area contributed by atoms with Crippen molar-refractivity contribution in [2.75, 3.05) is 6.61 Å². The summed E-state index contributed by atoms with van der Waals surface area (Å²) >= 11 is 0. The summed E-state index contributed by atoms with van der Waals surface area (Å²) in [5, 5.41) is 14.9. The number of nitrogens with zero attached hydrogens (tertiary/aromatic N) is 3. The Morgan fingerprint density at radius 1 is 1.37 bits per heavy atom. The Labute approximate surface area is 155 Å². The number of benzene rings is 1. The molecule has 1 aromatic heterocycles. The molecule has 0 aliphatic carbocycles. The van der Waals surface area contributed by atoms with E-state index in [4.69, 9.17) is 4.74 Å². The highest BCUT2D eigenvalue weighted by molar-refractivity contribution is 5.94. The van der Waals surface area contributed by atoms with Gasteiger partial charge in [-0.2, -0.15) is 5.10 Å². The Bertz CT molecular complexity index is 920. The van der Waals surface area contributed by atoms with E-state index in [-0.39, 0.29) is 17.0 Å². The van der Waals surface area contributed by atoms with E-state index in [9.17, 15) is 19.7 Å². The van der Waals surface area contributed by atoms with Crippen LogP contribution < -0.4 is 15.7 Å². The van der Waals surface area contributed by atoms with Crippen molar-refractivity contribution in [3.05, 3.63) is 68.1 Å². The monoisotopic (exact) mass is 372 g/mol. The van der Waals surface area contributed by atoms with Crippen LogP contribution in [0.2, 0.25) is 0 Å². The average Bonchev–Trinajstić information content (AvgIpc) is 2.66. The maximum atomic E-state index is 12.1. The number of nitrogens with one attached hydrogen (secondary N) is 1. The van der Waals surface area contributed by atoms with Crippen molar-refractivity contribution in [1.82, 2.24) is 9.99 Å². The zero-order chi connectivity index (χ0) is 19.8. The number of hydrogen-bond acceptors (Lipinski definition) is 6. The highest BCUT2D eigenvalue weighted by Gasteiger charge is 2.15. The van der Waals surface area contributed by atoms with E-state index in [1.807, 2.05) is 6.92 Å². The van der Waals surface area contributed by atoms with Crippen molar-refractivity contribution in [2.45, 2.75) is 26.8 Å². The number of nitro benzene ring substituents is 1. The number of amides is 1. The molecule has 1 aromatic carbocycles. The van der Waals surface area contributed by atoms with Gasteiger partial charge in [0.05, 0.1) is 17.7 Å². The van der Waals surface area contributed by atoms with Crippen LogP contribution in [0.4, 0.5) is 5.69 Å². The minimum absolute atomic E-state index is 0.0363. The van der Waals surface area contributed by atoms with E-state index in [2.05, 4.69) is 10.5 Å². The van der Waals surface area contributed by atoms with Crippen molar-refractivity contribution >= 4 is 17.8 Å². The maximum absolute atomic E-state index is 12.1. The predicted molar refractivity (Wildman–Crippen MR) is 100 cm³/mol. The van der Waals surface area contributed by atoms with E-state index >= 15 is 0 Å². The number of pyridine rings is 1. The summed E-state index contributed by atoms with van der Waals surface area (Å²) < 4.78 is 6.74. The zero-order valence-electron chi connectivity index (χ0n) is 15.0. The number of aromatic nitrogens is 1. The minimum Gasteiger partial charge on any atom is -0.487 e. The Balaban J connectivity index is 2.14.